The Balaban J connectivity index is 1.84. The molecule has 2 aromatic heterocycles. The van der Waals surface area contributed by atoms with E-state index in [1.54, 1.807) is 18.6 Å². The molecule has 0 N–H and O–H groups in total. The van der Waals surface area contributed by atoms with Gasteiger partial charge in [-0.25, -0.2) is 15.0 Å². The molecule has 0 radical (unpaired) electrons. The van der Waals surface area contributed by atoms with E-state index in [4.69, 9.17) is 0 Å². The van der Waals surface area contributed by atoms with Gasteiger partial charge in [0.2, 0.25) is 5.95 Å². The van der Waals surface area contributed by atoms with Crippen LogP contribution in [-0.2, 0) is 0 Å². The SMILES string of the molecule is C=Cn1c(C=Nc2nc3ccccc3n2C=C)nc2ccccc21. The van der Waals surface area contributed by atoms with E-state index >= 15 is 0 Å². The van der Waals surface area contributed by atoms with Gasteiger partial charge in [-0.3, -0.25) is 9.13 Å². The molecule has 0 atom stereocenters. The number of hydrogen-bond acceptors (Lipinski definition) is 3. The van der Waals surface area contributed by atoms with E-state index < -0.39 is 0 Å². The molecule has 2 heterocycles. The molecule has 0 aliphatic heterocycles. The summed E-state index contributed by atoms with van der Waals surface area (Å²) in [6, 6.07) is 15.8. The van der Waals surface area contributed by atoms with Crippen LogP contribution in [0, 0.1) is 0 Å². The molecule has 0 aliphatic rings. The minimum Gasteiger partial charge on any atom is -0.299 e. The monoisotopic (exact) mass is 313 g/mol. The molecule has 0 amide bonds. The van der Waals surface area contributed by atoms with E-state index in [0.717, 1.165) is 22.1 Å². The van der Waals surface area contributed by atoms with Gasteiger partial charge >= 0.3 is 0 Å². The fourth-order valence-corrected chi connectivity index (χ4v) is 2.76. The summed E-state index contributed by atoms with van der Waals surface area (Å²) in [4.78, 5) is 13.6. The van der Waals surface area contributed by atoms with Gasteiger partial charge in [0.05, 0.1) is 28.3 Å². The summed E-state index contributed by atoms with van der Waals surface area (Å²) in [5.74, 6) is 1.27. The maximum Gasteiger partial charge on any atom is 0.234 e. The molecule has 4 aromatic rings. The molecule has 4 rings (SSSR count). The van der Waals surface area contributed by atoms with Crippen LogP contribution in [0.25, 0.3) is 34.5 Å². The van der Waals surface area contributed by atoms with Crippen molar-refractivity contribution in [2.24, 2.45) is 4.99 Å². The first-order valence-electron chi connectivity index (χ1n) is 7.55. The minimum atomic E-state index is 0.564. The molecule has 116 valence electrons. The van der Waals surface area contributed by atoms with Crippen molar-refractivity contribution in [1.29, 1.82) is 0 Å². The number of nitrogens with zero attached hydrogens (tertiary/aromatic N) is 5. The van der Waals surface area contributed by atoms with E-state index in [1.165, 1.54) is 0 Å². The van der Waals surface area contributed by atoms with Gasteiger partial charge in [0, 0.05) is 12.4 Å². The summed E-state index contributed by atoms with van der Waals surface area (Å²) in [5, 5.41) is 0. The molecule has 0 unspecified atom stereocenters. The first-order chi connectivity index (χ1) is 11.8. The zero-order chi connectivity index (χ0) is 16.5. The maximum atomic E-state index is 4.59. The predicted octanol–water partition coefficient (Wildman–Crippen LogP) is 4.34. The second-order valence-electron chi connectivity index (χ2n) is 5.22. The van der Waals surface area contributed by atoms with Crippen molar-refractivity contribution < 1.29 is 0 Å². The third-order valence-electron chi connectivity index (χ3n) is 3.86. The summed E-state index contributed by atoms with van der Waals surface area (Å²) >= 11 is 0. The summed E-state index contributed by atoms with van der Waals surface area (Å²) in [6.45, 7) is 7.71. The molecule has 5 nitrogen and oxygen atoms in total. The molecule has 0 bridgehead atoms. The lowest BCUT2D eigenvalue weighted by molar-refractivity contribution is 1.12. The van der Waals surface area contributed by atoms with E-state index in [-0.39, 0.29) is 0 Å². The summed E-state index contributed by atoms with van der Waals surface area (Å²) < 4.78 is 3.76. The van der Waals surface area contributed by atoms with Crippen LogP contribution >= 0.6 is 0 Å². The maximum absolute atomic E-state index is 4.59. The average Bonchev–Trinajstić information content (AvgIpc) is 3.16. The zero-order valence-corrected chi connectivity index (χ0v) is 13.0. The summed E-state index contributed by atoms with van der Waals surface area (Å²) in [6.07, 6.45) is 5.13. The molecule has 24 heavy (non-hydrogen) atoms. The highest BCUT2D eigenvalue weighted by Gasteiger charge is 2.09. The van der Waals surface area contributed by atoms with E-state index in [9.17, 15) is 0 Å². The van der Waals surface area contributed by atoms with E-state index in [2.05, 4.69) is 28.1 Å². The van der Waals surface area contributed by atoms with Gasteiger partial charge in [-0.2, -0.15) is 0 Å². The molecule has 5 heteroatoms. The average molecular weight is 313 g/mol. The second-order valence-corrected chi connectivity index (χ2v) is 5.22. The van der Waals surface area contributed by atoms with Crippen molar-refractivity contribution in [2.45, 2.75) is 0 Å². The number of hydrogen-bond donors (Lipinski definition) is 0. The Kier molecular flexibility index (Phi) is 3.31. The highest BCUT2D eigenvalue weighted by molar-refractivity contribution is 5.88. The number of aromatic nitrogens is 4. The van der Waals surface area contributed by atoms with Crippen LogP contribution in [0.1, 0.15) is 5.82 Å². The van der Waals surface area contributed by atoms with Crippen molar-refractivity contribution in [2.75, 3.05) is 0 Å². The number of rotatable bonds is 4. The molecule has 0 saturated carbocycles. The zero-order valence-electron chi connectivity index (χ0n) is 13.0. The Morgan fingerprint density at radius 3 is 2.04 bits per heavy atom. The fourth-order valence-electron chi connectivity index (χ4n) is 2.76. The van der Waals surface area contributed by atoms with E-state index in [0.29, 0.717) is 11.8 Å². The van der Waals surface area contributed by atoms with Crippen molar-refractivity contribution in [3.63, 3.8) is 0 Å². The van der Waals surface area contributed by atoms with Gasteiger partial charge in [0.1, 0.15) is 0 Å². The van der Waals surface area contributed by atoms with Crippen LogP contribution < -0.4 is 0 Å². The van der Waals surface area contributed by atoms with Gasteiger partial charge in [-0.15, -0.1) is 0 Å². The number of aliphatic imine (C=N–C) groups is 1. The van der Waals surface area contributed by atoms with Gasteiger partial charge in [0.25, 0.3) is 0 Å². The number of benzene rings is 2. The molecular weight excluding hydrogens is 298 g/mol. The first kappa shape index (κ1) is 14.1. The highest BCUT2D eigenvalue weighted by Crippen LogP contribution is 2.22. The lowest BCUT2D eigenvalue weighted by Crippen LogP contribution is -1.95. The second kappa shape index (κ2) is 5.62. The van der Waals surface area contributed by atoms with Gasteiger partial charge < -0.3 is 0 Å². The topological polar surface area (TPSA) is 48.0 Å². The Labute approximate surface area is 138 Å². The normalized spacial score (nSPS) is 11.5. The van der Waals surface area contributed by atoms with Crippen molar-refractivity contribution in [3.8, 4) is 0 Å². The van der Waals surface area contributed by atoms with Crippen LogP contribution in [0.5, 0.6) is 0 Å². The molecule has 0 saturated heterocycles. The molecular formula is C19H15N5. The Morgan fingerprint density at radius 1 is 0.792 bits per heavy atom. The van der Waals surface area contributed by atoms with Gasteiger partial charge in [0.15, 0.2) is 5.82 Å². The van der Waals surface area contributed by atoms with E-state index in [1.807, 2.05) is 57.7 Å². The fraction of sp³-hybridized carbons (Fsp3) is 0. The lowest BCUT2D eigenvalue weighted by Gasteiger charge is -1.99. The predicted molar refractivity (Wildman–Crippen MR) is 99.5 cm³/mol. The smallest absolute Gasteiger partial charge is 0.234 e. The largest absolute Gasteiger partial charge is 0.299 e. The van der Waals surface area contributed by atoms with Crippen molar-refractivity contribution in [1.82, 2.24) is 19.1 Å². The summed E-state index contributed by atoms with van der Waals surface area (Å²) in [5.41, 5.74) is 3.74. The molecule has 0 fully saturated rings. The Bertz CT molecular complexity index is 1010. The van der Waals surface area contributed by atoms with Crippen LogP contribution in [0.4, 0.5) is 5.95 Å². The van der Waals surface area contributed by atoms with Gasteiger partial charge in [-0.05, 0) is 24.3 Å². The van der Waals surface area contributed by atoms with Crippen LogP contribution in [0.3, 0.4) is 0 Å². The molecule has 0 spiro atoms. The lowest BCUT2D eigenvalue weighted by atomic mass is 10.3. The first-order valence-corrected chi connectivity index (χ1v) is 7.55. The standard InChI is InChI=1S/C19H15N5/c1-3-23-16-11-7-5-9-14(16)21-18(23)13-20-19-22-15-10-6-8-12-17(15)24(19)4-2/h3-13H,1-2H2. The Hall–Kier alpha value is -3.47. The van der Waals surface area contributed by atoms with Crippen LogP contribution in [-0.4, -0.2) is 25.3 Å². The molecule has 2 aromatic carbocycles. The quantitative estimate of drug-likeness (QED) is 0.526. The number of para-hydroxylation sites is 4. The number of fused-ring (bicyclic) bond motifs is 2. The molecule has 0 aliphatic carbocycles. The third kappa shape index (κ3) is 2.14. The third-order valence-corrected chi connectivity index (χ3v) is 3.86. The summed E-state index contributed by atoms with van der Waals surface area (Å²) in [7, 11) is 0. The highest BCUT2D eigenvalue weighted by atomic mass is 15.2. The van der Waals surface area contributed by atoms with Crippen LogP contribution in [0.15, 0.2) is 66.7 Å². The van der Waals surface area contributed by atoms with Crippen LogP contribution in [0.2, 0.25) is 0 Å². The minimum absolute atomic E-state index is 0.564. The van der Waals surface area contributed by atoms with Gasteiger partial charge in [-0.1, -0.05) is 37.4 Å². The Morgan fingerprint density at radius 2 is 1.38 bits per heavy atom. The van der Waals surface area contributed by atoms with Crippen molar-refractivity contribution in [3.05, 3.63) is 67.5 Å². The van der Waals surface area contributed by atoms with Crippen molar-refractivity contribution >= 4 is 46.6 Å². The number of imidazole rings is 2.